The number of carbonyl (C=O) groups is 8. The Morgan fingerprint density at radius 3 is 1.95 bits per heavy atom. The number of amides is 7. The van der Waals surface area contributed by atoms with E-state index in [1.165, 1.54) is 51.2 Å². The molecule has 1 aliphatic heterocycles. The maximum absolute atomic E-state index is 15.2. The zero-order chi connectivity index (χ0) is 58.9. The number of aromatic nitrogens is 2. The van der Waals surface area contributed by atoms with Gasteiger partial charge in [0.15, 0.2) is 5.82 Å². The van der Waals surface area contributed by atoms with E-state index in [9.17, 15) is 43.8 Å². The highest BCUT2D eigenvalue weighted by atomic mass is 16.6. The summed E-state index contributed by atoms with van der Waals surface area (Å²) in [6.45, 7) is 21.9. The monoisotopic (exact) mass is 1090 g/mol. The third-order valence-corrected chi connectivity index (χ3v) is 12.4. The van der Waals surface area contributed by atoms with Gasteiger partial charge in [0, 0.05) is 37.2 Å². The van der Waals surface area contributed by atoms with Gasteiger partial charge in [-0.05, 0) is 128 Å². The summed E-state index contributed by atoms with van der Waals surface area (Å²) < 4.78 is 17.0. The average Bonchev–Trinajstić information content (AvgIpc) is 3.34. The number of carboxylic acid groups (broad SMARTS) is 1. The fourth-order valence-electron chi connectivity index (χ4n) is 8.57. The van der Waals surface area contributed by atoms with Crippen molar-refractivity contribution in [3.8, 4) is 34.0 Å². The van der Waals surface area contributed by atoms with Gasteiger partial charge in [0.05, 0.1) is 29.2 Å². The van der Waals surface area contributed by atoms with Crippen LogP contribution in [0, 0.1) is 13.8 Å². The molecule has 4 aromatic rings. The molecular formula is C57H75N9O13. The zero-order valence-electron chi connectivity index (χ0n) is 47.5. The van der Waals surface area contributed by atoms with Crippen molar-refractivity contribution in [3.63, 3.8) is 0 Å². The Morgan fingerprint density at radius 2 is 1.39 bits per heavy atom. The van der Waals surface area contributed by atoms with Crippen molar-refractivity contribution >= 4 is 53.4 Å². The minimum Gasteiger partial charge on any atom is -0.505 e. The van der Waals surface area contributed by atoms with Gasteiger partial charge in [0.2, 0.25) is 23.6 Å². The van der Waals surface area contributed by atoms with E-state index in [4.69, 9.17) is 14.2 Å². The van der Waals surface area contributed by atoms with Crippen molar-refractivity contribution in [2.24, 2.45) is 0 Å². The third-order valence-electron chi connectivity index (χ3n) is 12.4. The van der Waals surface area contributed by atoms with E-state index in [0.717, 1.165) is 10.5 Å². The minimum absolute atomic E-state index is 0.00404. The van der Waals surface area contributed by atoms with Crippen LogP contribution in [0.5, 0.6) is 11.5 Å². The summed E-state index contributed by atoms with van der Waals surface area (Å²) in [7, 11) is 1.30. The van der Waals surface area contributed by atoms with E-state index in [1.807, 2.05) is 24.3 Å². The topological polar surface area (TPSA) is 306 Å². The molecule has 8 N–H and O–H groups in total. The first-order valence-corrected chi connectivity index (χ1v) is 25.9. The predicted octanol–water partition coefficient (Wildman–Crippen LogP) is 6.53. The van der Waals surface area contributed by atoms with Crippen molar-refractivity contribution in [1.29, 1.82) is 0 Å². The summed E-state index contributed by atoms with van der Waals surface area (Å²) in [5.74, 6) is -5.29. The second-order valence-electron chi connectivity index (χ2n) is 22.4. The van der Waals surface area contributed by atoms with Crippen LogP contribution >= 0.6 is 0 Å². The summed E-state index contributed by atoms with van der Waals surface area (Å²) in [5, 5.41) is 37.9. The lowest BCUT2D eigenvalue weighted by Gasteiger charge is -2.32. The van der Waals surface area contributed by atoms with Gasteiger partial charge >= 0.3 is 18.2 Å². The number of aromatic hydroxyl groups is 1. The van der Waals surface area contributed by atoms with Gasteiger partial charge in [-0.25, -0.2) is 24.4 Å². The van der Waals surface area contributed by atoms with Crippen LogP contribution < -0.4 is 36.6 Å². The number of likely N-dealkylation sites (N-methyl/N-ethyl adjacent to an activating group) is 1. The normalized spacial score (nSPS) is 16.3. The van der Waals surface area contributed by atoms with Crippen molar-refractivity contribution in [2.45, 2.75) is 150 Å². The van der Waals surface area contributed by atoms with Gasteiger partial charge in [-0.1, -0.05) is 51.1 Å². The van der Waals surface area contributed by atoms with Gasteiger partial charge < -0.3 is 61.2 Å². The molecule has 22 heteroatoms. The number of rotatable bonds is 14. The number of nitrogens with zero attached hydrogens (tertiary/aromatic N) is 3. The lowest BCUT2D eigenvalue weighted by atomic mass is 9.86. The van der Waals surface area contributed by atoms with Crippen LogP contribution in [0.2, 0.25) is 0 Å². The first-order valence-electron chi connectivity index (χ1n) is 25.9. The Kier molecular flexibility index (Phi) is 19.8. The molecule has 22 nitrogen and oxygen atoms in total. The van der Waals surface area contributed by atoms with Gasteiger partial charge in [0.1, 0.15) is 53.5 Å². The number of ether oxygens (including phenoxy) is 3. The number of carbonyl (C=O) groups excluding carboxylic acids is 7. The molecule has 3 aromatic carbocycles. The maximum atomic E-state index is 15.2. The molecule has 5 rings (SSSR count). The Balaban J connectivity index is 1.65. The van der Waals surface area contributed by atoms with E-state index in [1.54, 1.807) is 55.4 Å². The first-order chi connectivity index (χ1) is 36.7. The van der Waals surface area contributed by atoms with E-state index >= 15 is 4.79 Å². The Labute approximate surface area is 460 Å². The van der Waals surface area contributed by atoms with Gasteiger partial charge in [-0.3, -0.25) is 24.0 Å². The van der Waals surface area contributed by atoms with Crippen molar-refractivity contribution < 1.29 is 62.8 Å². The number of benzene rings is 3. The number of alkyl carbamates (subject to hydrolysis) is 2. The van der Waals surface area contributed by atoms with E-state index < -0.39 is 88.8 Å². The van der Waals surface area contributed by atoms with E-state index in [2.05, 4.69) is 62.6 Å². The second-order valence-corrected chi connectivity index (χ2v) is 22.4. The zero-order valence-corrected chi connectivity index (χ0v) is 47.5. The quantitative estimate of drug-likeness (QED) is 0.0492. The van der Waals surface area contributed by atoms with Gasteiger partial charge in [0.25, 0.3) is 5.91 Å². The number of aryl methyl sites for hydroxylation is 3. The fraction of sp³-hybridized carbons (Fsp3) is 0.474. The molecule has 0 saturated carbocycles. The minimum atomic E-state index is -1.65. The van der Waals surface area contributed by atoms with Crippen LogP contribution in [0.3, 0.4) is 0 Å². The van der Waals surface area contributed by atoms with Crippen LogP contribution in [-0.2, 0) is 45.3 Å². The van der Waals surface area contributed by atoms with Crippen LogP contribution in [-0.4, -0.2) is 129 Å². The lowest BCUT2D eigenvalue weighted by Crippen LogP contribution is -2.55. The molecule has 0 fully saturated rings. The molecule has 426 valence electrons. The van der Waals surface area contributed by atoms with Crippen LogP contribution in [0.25, 0.3) is 22.5 Å². The highest BCUT2D eigenvalue weighted by Crippen LogP contribution is 2.43. The summed E-state index contributed by atoms with van der Waals surface area (Å²) in [6.07, 6.45) is -1.90. The third kappa shape index (κ3) is 17.1. The average molecular weight is 1090 g/mol. The first kappa shape index (κ1) is 61.6. The maximum Gasteiger partial charge on any atom is 0.407 e. The molecule has 79 heavy (non-hydrogen) atoms. The second kappa shape index (κ2) is 25.4. The highest BCUT2D eigenvalue weighted by molar-refractivity contribution is 6.01. The molecule has 0 unspecified atom stereocenters. The molecule has 1 aromatic heterocycles. The summed E-state index contributed by atoms with van der Waals surface area (Å²) >= 11 is 0. The van der Waals surface area contributed by atoms with Crippen molar-refractivity contribution in [1.82, 2.24) is 41.5 Å². The number of carboxylic acids is 1. The molecule has 0 saturated heterocycles. The Bertz CT molecular complexity index is 2940. The largest absolute Gasteiger partial charge is 0.505 e. The molecular weight excluding hydrogens is 1020 g/mol. The number of hydrogen-bond donors (Lipinski definition) is 8. The predicted molar refractivity (Wildman–Crippen MR) is 294 cm³/mol. The Hall–Kier alpha value is -8.30. The van der Waals surface area contributed by atoms with E-state index in [-0.39, 0.29) is 78.1 Å². The molecule has 4 bridgehead atoms. The smallest absolute Gasteiger partial charge is 0.407 e. The molecule has 4 atom stereocenters. The fourth-order valence-corrected chi connectivity index (χ4v) is 8.57. The molecule has 0 spiro atoms. The number of aliphatic carboxylic acids is 1. The van der Waals surface area contributed by atoms with Gasteiger partial charge in [-0.15, -0.1) is 0 Å². The molecule has 0 aliphatic carbocycles. The lowest BCUT2D eigenvalue weighted by molar-refractivity contribution is -0.143. The number of phenolic OH excluding ortho intramolecular Hbond substituents is 1. The number of hydrogen-bond acceptors (Lipinski definition) is 14. The van der Waals surface area contributed by atoms with Crippen molar-refractivity contribution in [3.05, 3.63) is 88.2 Å². The Morgan fingerprint density at radius 1 is 0.797 bits per heavy atom. The van der Waals surface area contributed by atoms with E-state index in [0.29, 0.717) is 28.3 Å². The molecule has 2 heterocycles. The summed E-state index contributed by atoms with van der Waals surface area (Å²) in [5.41, 5.74) is 1.35. The number of nitrogens with one attached hydrogen (secondary N) is 6. The van der Waals surface area contributed by atoms with Crippen LogP contribution in [0.1, 0.15) is 133 Å². The number of fused-ring (bicyclic) bond motifs is 5. The van der Waals surface area contributed by atoms with Crippen LogP contribution in [0.4, 0.5) is 15.3 Å². The van der Waals surface area contributed by atoms with Gasteiger partial charge in [-0.2, -0.15) is 0 Å². The summed E-state index contributed by atoms with van der Waals surface area (Å²) in [4.78, 5) is 119. The molecule has 7 amide bonds. The molecule has 0 radical (unpaired) electrons. The number of anilines is 1. The summed E-state index contributed by atoms with van der Waals surface area (Å²) in [6, 6.07) is 9.19. The molecule has 1 aliphatic rings. The SMILES string of the molecule is CC(=O)Nc1cc2cc(c1O)-c1cc(ccc1OCCNC(=O)OC(C)(C)C)[C@H](N(C)C(=O)[C@H](CCNC(=O)OC(C)(C)C)NC(=O)c1c(C)nc(-c3ccc(C(C)(C)C)cc3)nc1C)C(=O)N[C@@H](C)C(=O)N[C@H](C(=O)O)CC2. The highest BCUT2D eigenvalue weighted by Gasteiger charge is 2.37. The number of phenols is 1. The van der Waals surface area contributed by atoms with Crippen molar-refractivity contribution in [2.75, 3.05) is 32.1 Å². The van der Waals surface area contributed by atoms with Crippen LogP contribution in [0.15, 0.2) is 54.6 Å². The standard InChI is InChI=1S/C57H75N9O13/c1-30-44(31(2)61-47(60-30)35-16-19-37(20-17-35)55(5,6)7)49(70)64-40(23-24-58-53(75)78-56(8,9)10)51(72)66(14)45-36-18-22-43(77-26-25-59-54(76)79-57(11,12)13)38(29-36)39-27-34(28-42(46(39)68)63-33(4)67)15-21-41(52(73)74)65-48(69)32(3)62-50(45)71/h16-20,22,27-29,32,40-41,45,68H,15,21,23-26H2,1-14H3,(H,58,75)(H,59,76)(H,62,71)(H,63,67)(H,64,70)(H,65,69)(H,73,74)/t32-,40-,41-,45-/m0/s1.